The highest BCUT2D eigenvalue weighted by Gasteiger charge is 2.51. The molecule has 2 fully saturated rings. The van der Waals surface area contributed by atoms with Crippen molar-refractivity contribution in [1.82, 2.24) is 0 Å². The van der Waals surface area contributed by atoms with E-state index in [1.54, 1.807) is 29.2 Å². The number of nitrogens with zero attached hydrogens (tertiary/aromatic N) is 1. The molecule has 0 radical (unpaired) electrons. The molecular weight excluding hydrogens is 343 g/mol. The molecule has 1 amide bonds. The first-order chi connectivity index (χ1) is 12.2. The maximum absolute atomic E-state index is 13.0. The van der Waals surface area contributed by atoms with Crippen LogP contribution in [0.2, 0.25) is 0 Å². The van der Waals surface area contributed by atoms with E-state index in [4.69, 9.17) is 0 Å². The predicted octanol–water partition coefficient (Wildman–Crippen LogP) is 4.62. The van der Waals surface area contributed by atoms with Crippen molar-refractivity contribution in [3.63, 3.8) is 0 Å². The highest BCUT2D eigenvalue weighted by Crippen LogP contribution is 2.49. The fourth-order valence-corrected chi connectivity index (χ4v) is 4.21. The van der Waals surface area contributed by atoms with Gasteiger partial charge in [0.1, 0.15) is 0 Å². The molecule has 2 aliphatic rings. The Hall–Kier alpha value is -1.56. The number of carbonyl (C=O) groups is 1. The molecule has 1 saturated carbocycles. The van der Waals surface area contributed by atoms with Crippen LogP contribution in [-0.4, -0.2) is 29.3 Å². The molecule has 0 aromatic heterocycles. The summed E-state index contributed by atoms with van der Waals surface area (Å²) in [4.78, 5) is 14.8. The van der Waals surface area contributed by atoms with E-state index in [-0.39, 0.29) is 17.7 Å². The molecule has 0 unspecified atom stereocenters. The fourth-order valence-electron chi connectivity index (χ4n) is 4.21. The first kappa shape index (κ1) is 19.2. The average molecular weight is 369 g/mol. The van der Waals surface area contributed by atoms with E-state index in [0.29, 0.717) is 44.2 Å². The maximum atomic E-state index is 13.0. The van der Waals surface area contributed by atoms with Crippen LogP contribution in [0.5, 0.6) is 0 Å². The smallest absolute Gasteiger partial charge is 0.389 e. The van der Waals surface area contributed by atoms with Crippen molar-refractivity contribution in [2.75, 3.05) is 11.4 Å². The molecule has 1 saturated heterocycles. The summed E-state index contributed by atoms with van der Waals surface area (Å²) >= 11 is 0. The largest absolute Gasteiger partial charge is 0.390 e. The Labute approximate surface area is 152 Å². The first-order valence-electron chi connectivity index (χ1n) is 9.37. The number of aliphatic hydroxyl groups is 1. The molecule has 1 spiro atoms. The molecule has 6 heteroatoms. The summed E-state index contributed by atoms with van der Waals surface area (Å²) in [5, 5.41) is 10.4. The van der Waals surface area contributed by atoms with Crippen LogP contribution in [0.3, 0.4) is 0 Å². The lowest BCUT2D eigenvalue weighted by Crippen LogP contribution is -2.43. The van der Waals surface area contributed by atoms with Crippen LogP contribution >= 0.6 is 0 Å². The predicted molar refractivity (Wildman–Crippen MR) is 93.9 cm³/mol. The normalized spacial score (nSPS) is 29.6. The van der Waals surface area contributed by atoms with Gasteiger partial charge in [0.25, 0.3) is 0 Å². The van der Waals surface area contributed by atoms with Gasteiger partial charge in [-0.1, -0.05) is 19.1 Å². The minimum Gasteiger partial charge on any atom is -0.390 e. The van der Waals surface area contributed by atoms with Crippen molar-refractivity contribution in [3.8, 4) is 0 Å². The lowest BCUT2D eigenvalue weighted by Gasteiger charge is -2.40. The molecule has 1 aromatic carbocycles. The second-order valence-corrected chi connectivity index (χ2v) is 7.85. The molecule has 0 bridgehead atoms. The number of benzene rings is 1. The molecule has 1 aromatic rings. The second kappa shape index (κ2) is 6.87. The monoisotopic (exact) mass is 369 g/mol. The van der Waals surface area contributed by atoms with E-state index in [0.717, 1.165) is 12.1 Å². The van der Waals surface area contributed by atoms with Crippen molar-refractivity contribution < 1.29 is 23.1 Å². The summed E-state index contributed by atoms with van der Waals surface area (Å²) in [6.07, 6.45) is -0.833. The SMILES string of the molecule is CC[C@]1(O)CC[C@@]2(CCN(c3ccc(CCC(F)(F)F)cc3)C2=O)CC1. The Balaban J connectivity index is 1.65. The van der Waals surface area contributed by atoms with E-state index >= 15 is 0 Å². The minimum absolute atomic E-state index is 0.0444. The molecule has 3 nitrogen and oxygen atoms in total. The van der Waals surface area contributed by atoms with E-state index in [9.17, 15) is 23.1 Å². The van der Waals surface area contributed by atoms with E-state index in [1.165, 1.54) is 0 Å². The number of anilines is 1. The van der Waals surface area contributed by atoms with Gasteiger partial charge in [-0.3, -0.25) is 4.79 Å². The number of aryl methyl sites for hydroxylation is 1. The minimum atomic E-state index is -4.16. The van der Waals surface area contributed by atoms with Crippen molar-refractivity contribution in [3.05, 3.63) is 29.8 Å². The first-order valence-corrected chi connectivity index (χ1v) is 9.37. The van der Waals surface area contributed by atoms with Gasteiger partial charge < -0.3 is 10.0 Å². The van der Waals surface area contributed by atoms with Crippen LogP contribution in [0.15, 0.2) is 24.3 Å². The molecule has 1 N–H and O–H groups in total. The van der Waals surface area contributed by atoms with Crippen molar-refractivity contribution in [2.24, 2.45) is 5.41 Å². The van der Waals surface area contributed by atoms with Crippen LogP contribution < -0.4 is 4.90 Å². The van der Waals surface area contributed by atoms with Gasteiger partial charge in [0, 0.05) is 18.7 Å². The average Bonchev–Trinajstić information content (AvgIpc) is 2.93. The van der Waals surface area contributed by atoms with Gasteiger partial charge in [-0.15, -0.1) is 0 Å². The van der Waals surface area contributed by atoms with Gasteiger partial charge in [0.2, 0.25) is 5.91 Å². The summed E-state index contributed by atoms with van der Waals surface area (Å²) in [5.74, 6) is 0.0960. The van der Waals surface area contributed by atoms with Crippen LogP contribution in [0.25, 0.3) is 0 Å². The molecule has 1 aliphatic heterocycles. The number of halogens is 3. The topological polar surface area (TPSA) is 40.5 Å². The van der Waals surface area contributed by atoms with Crippen LogP contribution in [0, 0.1) is 5.41 Å². The summed E-state index contributed by atoms with van der Waals surface area (Å²) in [5.41, 5.74) is 0.354. The van der Waals surface area contributed by atoms with Crippen LogP contribution in [0.1, 0.15) is 57.4 Å². The summed E-state index contributed by atoms with van der Waals surface area (Å²) in [7, 11) is 0. The Kier molecular flexibility index (Phi) is 5.08. The third kappa shape index (κ3) is 3.90. The Morgan fingerprint density at radius 1 is 1.08 bits per heavy atom. The van der Waals surface area contributed by atoms with E-state index in [1.807, 2.05) is 6.92 Å². The Morgan fingerprint density at radius 3 is 2.23 bits per heavy atom. The zero-order chi connectivity index (χ0) is 19.0. The number of alkyl halides is 3. The number of hydrogen-bond donors (Lipinski definition) is 1. The molecule has 0 atom stereocenters. The van der Waals surface area contributed by atoms with E-state index in [2.05, 4.69) is 0 Å². The number of rotatable bonds is 4. The maximum Gasteiger partial charge on any atom is 0.389 e. The quantitative estimate of drug-likeness (QED) is 0.841. The highest BCUT2D eigenvalue weighted by atomic mass is 19.4. The summed E-state index contributed by atoms with van der Waals surface area (Å²) in [6, 6.07) is 6.84. The van der Waals surface area contributed by atoms with E-state index < -0.39 is 18.2 Å². The van der Waals surface area contributed by atoms with Crippen LogP contribution in [-0.2, 0) is 11.2 Å². The van der Waals surface area contributed by atoms with Gasteiger partial charge in [0.05, 0.1) is 11.0 Å². The van der Waals surface area contributed by atoms with Gasteiger partial charge >= 0.3 is 6.18 Å². The lowest BCUT2D eigenvalue weighted by molar-refractivity contribution is -0.134. The number of carbonyl (C=O) groups excluding carboxylic acids is 1. The Bertz CT molecular complexity index is 646. The summed E-state index contributed by atoms with van der Waals surface area (Å²) < 4.78 is 37.0. The molecule has 144 valence electrons. The third-order valence-corrected chi connectivity index (χ3v) is 6.25. The molecular formula is C20H26F3NO2. The van der Waals surface area contributed by atoms with Crippen molar-refractivity contribution in [2.45, 2.75) is 70.1 Å². The number of amides is 1. The number of hydrogen-bond acceptors (Lipinski definition) is 2. The van der Waals surface area contributed by atoms with Crippen molar-refractivity contribution >= 4 is 11.6 Å². The lowest BCUT2D eigenvalue weighted by atomic mass is 9.67. The second-order valence-electron chi connectivity index (χ2n) is 7.85. The van der Waals surface area contributed by atoms with Gasteiger partial charge in [0.15, 0.2) is 0 Å². The van der Waals surface area contributed by atoms with Crippen LogP contribution in [0.4, 0.5) is 18.9 Å². The molecule has 1 aliphatic carbocycles. The zero-order valence-corrected chi connectivity index (χ0v) is 15.1. The highest BCUT2D eigenvalue weighted by molar-refractivity contribution is 6.00. The zero-order valence-electron chi connectivity index (χ0n) is 15.1. The third-order valence-electron chi connectivity index (χ3n) is 6.25. The molecule has 1 heterocycles. The fraction of sp³-hybridized carbons (Fsp3) is 0.650. The molecule has 26 heavy (non-hydrogen) atoms. The molecule has 3 rings (SSSR count). The van der Waals surface area contributed by atoms with Gasteiger partial charge in [-0.25, -0.2) is 0 Å². The standard InChI is InChI=1S/C20H26F3NO2/c1-2-19(26)11-9-18(10-12-19)13-14-24(17(18)25)16-5-3-15(4-6-16)7-8-20(21,22)23/h3-6,26H,2,7-14H2,1H3/t18-,19-. The Morgan fingerprint density at radius 2 is 1.69 bits per heavy atom. The summed E-state index contributed by atoms with van der Waals surface area (Å²) in [6.45, 7) is 2.60. The van der Waals surface area contributed by atoms with Gasteiger partial charge in [-0.2, -0.15) is 13.2 Å². The van der Waals surface area contributed by atoms with Crippen molar-refractivity contribution in [1.29, 1.82) is 0 Å². The van der Waals surface area contributed by atoms with Gasteiger partial charge in [-0.05, 0) is 62.6 Å².